The Morgan fingerprint density at radius 1 is 1.14 bits per heavy atom. The molecule has 0 aliphatic heterocycles. The Balaban J connectivity index is 2.37. The van der Waals surface area contributed by atoms with Crippen LogP contribution in [0.1, 0.15) is 26.5 Å². The van der Waals surface area contributed by atoms with Crippen molar-refractivity contribution in [1.29, 1.82) is 0 Å². The van der Waals surface area contributed by atoms with E-state index in [0.29, 0.717) is 0 Å². The lowest BCUT2D eigenvalue weighted by Gasteiger charge is -2.06. The minimum Gasteiger partial charge on any atom is -0.475 e. The minimum absolute atomic E-state index is 0.0890. The third-order valence-corrected chi connectivity index (χ3v) is 4.25. The molecule has 21 heavy (non-hydrogen) atoms. The van der Waals surface area contributed by atoms with E-state index < -0.39 is 38.3 Å². The van der Waals surface area contributed by atoms with Crippen molar-refractivity contribution >= 4 is 21.7 Å². The number of carbonyl (C=O) groups is 2. The van der Waals surface area contributed by atoms with Gasteiger partial charge in [-0.15, -0.1) is 0 Å². The lowest BCUT2D eigenvalue weighted by molar-refractivity contribution is 0.0656. The first-order chi connectivity index (χ1) is 9.81. The molecule has 0 saturated carbocycles. The largest absolute Gasteiger partial charge is 0.475 e. The van der Waals surface area contributed by atoms with Crippen molar-refractivity contribution in [3.63, 3.8) is 0 Å². The van der Waals surface area contributed by atoms with Crippen molar-refractivity contribution in [3.05, 3.63) is 53.3 Å². The summed E-state index contributed by atoms with van der Waals surface area (Å²) in [6.07, 6.45) is 0. The predicted molar refractivity (Wildman–Crippen MR) is 71.5 cm³/mol. The van der Waals surface area contributed by atoms with Gasteiger partial charge in [-0.25, -0.2) is 13.2 Å². The van der Waals surface area contributed by atoms with E-state index in [0.717, 1.165) is 12.1 Å². The molecule has 0 spiro atoms. The number of carboxylic acids is 1. The van der Waals surface area contributed by atoms with E-state index in [2.05, 4.69) is 0 Å². The number of hydrogen-bond donors (Lipinski definition) is 2. The summed E-state index contributed by atoms with van der Waals surface area (Å²) in [6, 6.07) is 8.12. The first kappa shape index (κ1) is 14.8. The van der Waals surface area contributed by atoms with Crippen molar-refractivity contribution in [1.82, 2.24) is 0 Å². The number of hydrogen-bond acceptors (Lipinski definition) is 5. The van der Waals surface area contributed by atoms with Crippen molar-refractivity contribution in [2.75, 3.05) is 0 Å². The molecule has 0 aliphatic carbocycles. The summed E-state index contributed by atoms with van der Waals surface area (Å²) in [5.41, 5.74) is 5.49. The van der Waals surface area contributed by atoms with Gasteiger partial charge in [-0.05, 0) is 23.8 Å². The molecule has 1 aromatic heterocycles. The second-order valence-electron chi connectivity index (χ2n) is 4.20. The fraction of sp³-hybridized carbons (Fsp3) is 0.0769. The number of primary amides is 1. The maximum Gasteiger partial charge on any atom is 0.371 e. The van der Waals surface area contributed by atoms with Gasteiger partial charge in [-0.3, -0.25) is 4.79 Å². The second-order valence-corrected chi connectivity index (χ2v) is 6.12. The molecule has 2 rings (SSSR count). The van der Waals surface area contributed by atoms with E-state index in [-0.39, 0.29) is 11.1 Å². The zero-order valence-corrected chi connectivity index (χ0v) is 11.5. The summed E-state index contributed by atoms with van der Waals surface area (Å²) in [6.45, 7) is 0. The van der Waals surface area contributed by atoms with Gasteiger partial charge in [0, 0.05) is 5.56 Å². The highest BCUT2D eigenvalue weighted by molar-refractivity contribution is 7.90. The quantitative estimate of drug-likeness (QED) is 0.849. The molecular formula is C13H11NO6S. The van der Waals surface area contributed by atoms with Crippen molar-refractivity contribution in [2.24, 2.45) is 5.73 Å². The van der Waals surface area contributed by atoms with Gasteiger partial charge in [0.1, 0.15) is 0 Å². The summed E-state index contributed by atoms with van der Waals surface area (Å²) >= 11 is 0. The summed E-state index contributed by atoms with van der Waals surface area (Å²) in [4.78, 5) is 22.0. The number of aromatic carboxylic acids is 1. The van der Waals surface area contributed by atoms with Crippen LogP contribution >= 0.6 is 0 Å². The molecule has 1 heterocycles. The molecule has 7 nitrogen and oxygen atoms in total. The van der Waals surface area contributed by atoms with E-state index in [9.17, 15) is 18.0 Å². The molecule has 0 atom stereocenters. The number of benzene rings is 1. The molecule has 0 aliphatic rings. The maximum atomic E-state index is 12.2. The number of carboxylic acid groups (broad SMARTS) is 1. The van der Waals surface area contributed by atoms with Crippen LogP contribution in [0.2, 0.25) is 0 Å². The highest BCUT2D eigenvalue weighted by Gasteiger charge is 2.23. The number of furan rings is 1. The Labute approximate surface area is 119 Å². The molecule has 1 aromatic carbocycles. The standard InChI is InChI=1S/C13H11NO6S/c14-12(15)9-4-2-1-3-8(9)7-21(18,19)11-6-5-10(20-11)13(16)17/h1-6H,7H2,(H2,14,15)(H,16,17). The molecule has 0 saturated heterocycles. The zero-order chi connectivity index (χ0) is 15.6. The predicted octanol–water partition coefficient (Wildman–Crippen LogP) is 1.05. The van der Waals surface area contributed by atoms with Crippen LogP contribution in [-0.2, 0) is 15.6 Å². The molecule has 3 N–H and O–H groups in total. The Bertz CT molecular complexity index is 806. The van der Waals surface area contributed by atoms with E-state index in [4.69, 9.17) is 15.3 Å². The molecule has 0 fully saturated rings. The second kappa shape index (κ2) is 5.41. The third kappa shape index (κ3) is 3.11. The van der Waals surface area contributed by atoms with Gasteiger partial charge in [-0.1, -0.05) is 18.2 Å². The van der Waals surface area contributed by atoms with E-state index in [1.807, 2.05) is 0 Å². The molecule has 110 valence electrons. The molecule has 1 amide bonds. The number of amides is 1. The average molecular weight is 309 g/mol. The maximum absolute atomic E-state index is 12.2. The molecule has 0 unspecified atom stereocenters. The van der Waals surface area contributed by atoms with Gasteiger partial charge in [0.2, 0.25) is 26.6 Å². The van der Waals surface area contributed by atoms with Crippen molar-refractivity contribution < 1.29 is 27.5 Å². The highest BCUT2D eigenvalue weighted by Crippen LogP contribution is 2.21. The number of nitrogens with two attached hydrogens (primary N) is 1. The first-order valence-corrected chi connectivity index (χ1v) is 7.40. The van der Waals surface area contributed by atoms with Crippen LogP contribution in [0.15, 0.2) is 45.9 Å². The number of rotatable bonds is 5. The first-order valence-electron chi connectivity index (χ1n) is 5.75. The topological polar surface area (TPSA) is 128 Å². The van der Waals surface area contributed by atoms with E-state index >= 15 is 0 Å². The van der Waals surface area contributed by atoms with E-state index in [1.165, 1.54) is 12.1 Å². The van der Waals surface area contributed by atoms with Gasteiger partial charge in [0.05, 0.1) is 5.75 Å². The molecule has 8 heteroatoms. The van der Waals surface area contributed by atoms with Crippen LogP contribution in [0.4, 0.5) is 0 Å². The zero-order valence-electron chi connectivity index (χ0n) is 10.6. The van der Waals surface area contributed by atoms with Gasteiger partial charge in [0.25, 0.3) is 0 Å². The fourth-order valence-electron chi connectivity index (χ4n) is 1.76. The monoisotopic (exact) mass is 309 g/mol. The van der Waals surface area contributed by atoms with Gasteiger partial charge in [0.15, 0.2) is 0 Å². The minimum atomic E-state index is -3.92. The van der Waals surface area contributed by atoms with Crippen LogP contribution < -0.4 is 5.73 Å². The fourth-order valence-corrected chi connectivity index (χ4v) is 3.06. The number of carbonyl (C=O) groups excluding carboxylic acids is 1. The smallest absolute Gasteiger partial charge is 0.371 e. The van der Waals surface area contributed by atoms with Crippen LogP contribution in [0.3, 0.4) is 0 Å². The Kier molecular flexibility index (Phi) is 3.81. The van der Waals surface area contributed by atoms with Gasteiger partial charge in [-0.2, -0.15) is 0 Å². The average Bonchev–Trinajstić information content (AvgIpc) is 2.89. The summed E-state index contributed by atoms with van der Waals surface area (Å²) in [7, 11) is -3.92. The lowest BCUT2D eigenvalue weighted by Crippen LogP contribution is -2.15. The molecule has 2 aromatic rings. The Morgan fingerprint density at radius 3 is 2.38 bits per heavy atom. The summed E-state index contributed by atoms with van der Waals surface area (Å²) in [5, 5.41) is 8.25. The van der Waals surface area contributed by atoms with Crippen molar-refractivity contribution in [3.8, 4) is 0 Å². The molecule has 0 radical (unpaired) electrons. The molecule has 0 bridgehead atoms. The summed E-state index contributed by atoms with van der Waals surface area (Å²) < 4.78 is 29.1. The van der Waals surface area contributed by atoms with Gasteiger partial charge < -0.3 is 15.3 Å². The summed E-state index contributed by atoms with van der Waals surface area (Å²) in [5.74, 6) is -3.10. The highest BCUT2D eigenvalue weighted by atomic mass is 32.2. The number of sulfone groups is 1. The Hall–Kier alpha value is -2.61. The molecular weight excluding hydrogens is 298 g/mol. The van der Waals surface area contributed by atoms with Crippen molar-refractivity contribution in [2.45, 2.75) is 10.8 Å². The van der Waals surface area contributed by atoms with Crippen LogP contribution in [-0.4, -0.2) is 25.4 Å². The van der Waals surface area contributed by atoms with Crippen LogP contribution in [0.25, 0.3) is 0 Å². The Morgan fingerprint density at radius 2 is 1.81 bits per heavy atom. The van der Waals surface area contributed by atoms with Crippen LogP contribution in [0, 0.1) is 0 Å². The SMILES string of the molecule is NC(=O)c1ccccc1CS(=O)(=O)c1ccc(C(=O)O)o1. The normalized spacial score (nSPS) is 11.2. The van der Waals surface area contributed by atoms with Crippen LogP contribution in [0.5, 0.6) is 0 Å². The van der Waals surface area contributed by atoms with Gasteiger partial charge >= 0.3 is 5.97 Å². The van der Waals surface area contributed by atoms with E-state index in [1.54, 1.807) is 12.1 Å². The lowest BCUT2D eigenvalue weighted by atomic mass is 10.1. The third-order valence-electron chi connectivity index (χ3n) is 2.73.